The monoisotopic (exact) mass is 551 g/mol. The van der Waals surface area contributed by atoms with Gasteiger partial charge in [-0.05, 0) is 57.6 Å². The lowest BCUT2D eigenvalue weighted by molar-refractivity contribution is -0.120. The molecule has 0 spiro atoms. The van der Waals surface area contributed by atoms with Crippen molar-refractivity contribution in [2.75, 3.05) is 23.9 Å². The minimum absolute atomic E-state index is 0.191. The maximum absolute atomic E-state index is 12.7. The molecule has 0 saturated carbocycles. The van der Waals surface area contributed by atoms with Crippen LogP contribution < -0.4 is 20.3 Å². The Morgan fingerprint density at radius 1 is 0.951 bits per heavy atom. The van der Waals surface area contributed by atoms with Gasteiger partial charge in [-0.25, -0.2) is 9.59 Å². The highest BCUT2D eigenvalue weighted by Gasteiger charge is 2.29. The Labute approximate surface area is 239 Å². The summed E-state index contributed by atoms with van der Waals surface area (Å²) in [4.78, 5) is 38.4. The van der Waals surface area contributed by atoms with Crippen LogP contribution in [-0.2, 0) is 21.6 Å². The van der Waals surface area contributed by atoms with Crippen molar-refractivity contribution in [1.82, 2.24) is 5.32 Å². The number of amides is 4. The van der Waals surface area contributed by atoms with Crippen LogP contribution in [0.4, 0.5) is 21.0 Å². The zero-order chi connectivity index (χ0) is 29.1. The molecule has 1 aliphatic rings. The number of carbonyl (C=O) groups is 3. The number of urea groups is 1. The summed E-state index contributed by atoms with van der Waals surface area (Å²) in [5, 5.41) is 7.12. The first-order valence-electron chi connectivity index (χ1n) is 13.5. The lowest BCUT2D eigenvalue weighted by Gasteiger charge is -2.31. The van der Waals surface area contributed by atoms with E-state index in [-0.39, 0.29) is 24.3 Å². The van der Waals surface area contributed by atoms with Crippen LogP contribution in [0.3, 0.4) is 0 Å². The van der Waals surface area contributed by atoms with Gasteiger partial charge in [0.1, 0.15) is 12.4 Å². The molecule has 5 rings (SSSR count). The zero-order valence-corrected chi connectivity index (χ0v) is 23.6. The molecule has 2 N–H and O–H groups in total. The molecule has 4 aromatic carbocycles. The first kappa shape index (κ1) is 27.7. The molecule has 1 aliphatic heterocycles. The van der Waals surface area contributed by atoms with Crippen molar-refractivity contribution in [3.8, 4) is 16.9 Å². The Morgan fingerprint density at radius 2 is 1.68 bits per heavy atom. The quantitative estimate of drug-likeness (QED) is 0.269. The second-order valence-electron chi connectivity index (χ2n) is 11.0. The van der Waals surface area contributed by atoms with Crippen molar-refractivity contribution in [2.45, 2.75) is 39.2 Å². The minimum Gasteiger partial charge on any atom is -0.496 e. The van der Waals surface area contributed by atoms with Crippen molar-refractivity contribution >= 4 is 40.2 Å². The molecule has 0 unspecified atom stereocenters. The van der Waals surface area contributed by atoms with E-state index in [4.69, 9.17) is 9.47 Å². The first-order chi connectivity index (χ1) is 19.6. The lowest BCUT2D eigenvalue weighted by Crippen LogP contribution is -2.49. The van der Waals surface area contributed by atoms with Crippen LogP contribution in [-0.4, -0.2) is 31.7 Å². The second kappa shape index (κ2) is 11.3. The van der Waals surface area contributed by atoms with Gasteiger partial charge in [-0.3, -0.25) is 20.3 Å². The van der Waals surface area contributed by atoms with Crippen LogP contribution in [0.5, 0.6) is 5.75 Å². The maximum Gasteiger partial charge on any atom is 0.411 e. The molecule has 8 heteroatoms. The molecule has 0 radical (unpaired) electrons. The number of benzene rings is 4. The minimum atomic E-state index is -0.524. The fourth-order valence-electron chi connectivity index (χ4n) is 4.94. The van der Waals surface area contributed by atoms with E-state index in [0.717, 1.165) is 38.8 Å². The van der Waals surface area contributed by atoms with Crippen LogP contribution in [0.2, 0.25) is 0 Å². The number of rotatable bonds is 6. The molecule has 0 bridgehead atoms. The third-order valence-electron chi connectivity index (χ3n) is 7.06. The summed E-state index contributed by atoms with van der Waals surface area (Å²) in [7, 11) is 1.65. The molecule has 1 heterocycles. The summed E-state index contributed by atoms with van der Waals surface area (Å²) in [5.41, 5.74) is 4.67. The molecule has 4 aromatic rings. The third-order valence-corrected chi connectivity index (χ3v) is 7.06. The van der Waals surface area contributed by atoms with Gasteiger partial charge in [-0.15, -0.1) is 0 Å². The van der Waals surface area contributed by atoms with Crippen molar-refractivity contribution in [2.24, 2.45) is 0 Å². The molecule has 4 amide bonds. The van der Waals surface area contributed by atoms with Crippen LogP contribution in [0, 0.1) is 0 Å². The van der Waals surface area contributed by atoms with Gasteiger partial charge < -0.3 is 9.47 Å². The highest BCUT2D eigenvalue weighted by Crippen LogP contribution is 2.43. The van der Waals surface area contributed by atoms with E-state index in [9.17, 15) is 14.4 Å². The van der Waals surface area contributed by atoms with Gasteiger partial charge in [0, 0.05) is 35.5 Å². The SMILES string of the molecule is COc1c(-c2ccc3cc(NC(=O)OCc4ccccc4)ccc3c2)cc(N2CCC(=O)NC2=O)cc1C(C)(C)C. The number of carbonyl (C=O) groups excluding carboxylic acids is 3. The molecule has 0 aromatic heterocycles. The normalized spacial score (nSPS) is 13.6. The van der Waals surface area contributed by atoms with Gasteiger partial charge in [0.15, 0.2) is 0 Å². The van der Waals surface area contributed by atoms with E-state index < -0.39 is 12.1 Å². The van der Waals surface area contributed by atoms with Crippen molar-refractivity contribution in [3.05, 3.63) is 90.0 Å². The fourth-order valence-corrected chi connectivity index (χ4v) is 4.94. The number of nitrogens with one attached hydrogen (secondary N) is 2. The predicted molar refractivity (Wildman–Crippen MR) is 160 cm³/mol. The molecule has 1 fully saturated rings. The first-order valence-corrected chi connectivity index (χ1v) is 13.5. The smallest absolute Gasteiger partial charge is 0.411 e. The molecule has 41 heavy (non-hydrogen) atoms. The summed E-state index contributed by atoms with van der Waals surface area (Å²) in [6, 6.07) is 24.7. The topological polar surface area (TPSA) is 97.0 Å². The Balaban J connectivity index is 1.45. The average Bonchev–Trinajstić information content (AvgIpc) is 2.95. The molecule has 0 aliphatic carbocycles. The van der Waals surface area contributed by atoms with Crippen molar-refractivity contribution < 1.29 is 23.9 Å². The summed E-state index contributed by atoms with van der Waals surface area (Å²) in [6.45, 7) is 6.78. The average molecular weight is 552 g/mol. The molecular formula is C33H33N3O5. The van der Waals surface area contributed by atoms with Crippen LogP contribution >= 0.6 is 0 Å². The number of anilines is 2. The van der Waals surface area contributed by atoms with Crippen LogP contribution in [0.1, 0.15) is 38.3 Å². The molecular weight excluding hydrogens is 518 g/mol. The Kier molecular flexibility index (Phi) is 7.66. The Hall–Kier alpha value is -4.85. The summed E-state index contributed by atoms with van der Waals surface area (Å²) >= 11 is 0. The second-order valence-corrected chi connectivity index (χ2v) is 11.0. The maximum atomic E-state index is 12.7. The fraction of sp³-hybridized carbons (Fsp3) is 0.242. The molecule has 8 nitrogen and oxygen atoms in total. The number of nitrogens with zero attached hydrogens (tertiary/aromatic N) is 1. The Morgan fingerprint density at radius 3 is 2.39 bits per heavy atom. The zero-order valence-electron chi connectivity index (χ0n) is 23.6. The van der Waals surface area contributed by atoms with Gasteiger partial charge >= 0.3 is 12.1 Å². The van der Waals surface area contributed by atoms with Crippen molar-refractivity contribution in [1.29, 1.82) is 0 Å². The largest absolute Gasteiger partial charge is 0.496 e. The molecule has 0 atom stereocenters. The molecule has 1 saturated heterocycles. The number of fused-ring (bicyclic) bond motifs is 1. The van der Waals surface area contributed by atoms with E-state index in [1.807, 2.05) is 72.8 Å². The summed E-state index contributed by atoms with van der Waals surface area (Å²) in [6.07, 6.45) is -0.283. The summed E-state index contributed by atoms with van der Waals surface area (Å²) < 4.78 is 11.3. The van der Waals surface area contributed by atoms with Crippen LogP contribution in [0.15, 0.2) is 78.9 Å². The highest BCUT2D eigenvalue weighted by atomic mass is 16.5. The lowest BCUT2D eigenvalue weighted by atomic mass is 9.83. The van der Waals surface area contributed by atoms with Crippen molar-refractivity contribution in [3.63, 3.8) is 0 Å². The standard InChI is InChI=1S/C33H33N3O5/c1-33(2,3)28-19-26(36-15-14-29(37)35-31(36)38)18-27(30(28)40-4)24-11-10-23-17-25(13-12-22(23)16-24)34-32(39)41-20-21-8-6-5-7-9-21/h5-13,16-19H,14-15,20H2,1-4H3,(H,34,39)(H,35,37,38). The van der Waals surface area contributed by atoms with E-state index in [1.165, 1.54) is 0 Å². The summed E-state index contributed by atoms with van der Waals surface area (Å²) in [5.74, 6) is 0.456. The van der Waals surface area contributed by atoms with Gasteiger partial charge in [-0.2, -0.15) is 0 Å². The third kappa shape index (κ3) is 6.17. The number of hydrogen-bond donors (Lipinski definition) is 2. The van der Waals surface area contributed by atoms with E-state index in [1.54, 1.807) is 12.0 Å². The van der Waals surface area contributed by atoms with E-state index >= 15 is 0 Å². The highest BCUT2D eigenvalue weighted by molar-refractivity contribution is 6.06. The van der Waals surface area contributed by atoms with E-state index in [0.29, 0.717) is 17.9 Å². The molecule has 210 valence electrons. The number of hydrogen-bond acceptors (Lipinski definition) is 5. The van der Waals surface area contributed by atoms with Gasteiger partial charge in [0.2, 0.25) is 5.91 Å². The van der Waals surface area contributed by atoms with Gasteiger partial charge in [0.25, 0.3) is 0 Å². The van der Waals surface area contributed by atoms with E-state index in [2.05, 4.69) is 37.5 Å². The van der Waals surface area contributed by atoms with Crippen LogP contribution in [0.25, 0.3) is 21.9 Å². The predicted octanol–water partition coefficient (Wildman–Crippen LogP) is 7.01. The number of imide groups is 1. The van der Waals surface area contributed by atoms with Gasteiger partial charge in [0.05, 0.1) is 7.11 Å². The Bertz CT molecular complexity index is 1630. The number of ether oxygens (including phenoxy) is 2. The van der Waals surface area contributed by atoms with Gasteiger partial charge in [-0.1, -0.05) is 69.3 Å². The number of methoxy groups -OCH3 is 1.